The Balaban J connectivity index is 2.36. The molecule has 0 spiro atoms. The molecule has 0 saturated heterocycles. The summed E-state index contributed by atoms with van der Waals surface area (Å²) in [5, 5.41) is 29.6. The van der Waals surface area contributed by atoms with E-state index in [-0.39, 0.29) is 60.0 Å². The Morgan fingerprint density at radius 3 is 2.24 bits per heavy atom. The molecule has 0 fully saturated rings. The van der Waals surface area contributed by atoms with E-state index in [1.807, 2.05) is 0 Å². The van der Waals surface area contributed by atoms with Crippen molar-refractivity contribution in [1.82, 2.24) is 9.80 Å². The maximum atomic E-state index is 13.3. The van der Waals surface area contributed by atoms with Crippen LogP contribution in [0.3, 0.4) is 0 Å². The zero-order valence-electron chi connectivity index (χ0n) is 25.3. The number of aromatic hydroxyl groups is 1. The lowest BCUT2D eigenvalue weighted by atomic mass is 9.85. The number of aryl methyl sites for hydroxylation is 1. The highest BCUT2D eigenvalue weighted by Crippen LogP contribution is 2.38. The number of ketones is 1. The van der Waals surface area contributed by atoms with Gasteiger partial charge < -0.3 is 20.1 Å². The Morgan fingerprint density at radius 2 is 1.63 bits per heavy atom. The topological polar surface area (TPSA) is 208 Å². The minimum absolute atomic E-state index is 0.0467. The molecule has 3 rings (SSSR count). The van der Waals surface area contributed by atoms with Crippen LogP contribution in [0, 0.1) is 6.92 Å². The highest BCUT2D eigenvalue weighted by molar-refractivity contribution is 7.86. The zero-order chi connectivity index (χ0) is 34.2. The quantitative estimate of drug-likeness (QED) is 0.0671. The van der Waals surface area contributed by atoms with Gasteiger partial charge in [0.2, 0.25) is 0 Å². The first-order valence-corrected chi connectivity index (χ1v) is 15.1. The smallest absolute Gasteiger partial charge is 0.317 e. The van der Waals surface area contributed by atoms with Gasteiger partial charge in [-0.2, -0.15) is 8.42 Å². The van der Waals surface area contributed by atoms with Crippen molar-refractivity contribution in [3.63, 3.8) is 0 Å². The highest BCUT2D eigenvalue weighted by atomic mass is 32.2. The summed E-state index contributed by atoms with van der Waals surface area (Å²) in [6.45, 7) is 1.22. The summed E-state index contributed by atoms with van der Waals surface area (Å²) < 4.78 is 35.2. The third-order valence-corrected chi connectivity index (χ3v) is 7.85. The summed E-state index contributed by atoms with van der Waals surface area (Å²) in [5.74, 6) is -2.97. The fraction of sp³-hybridized carbons (Fsp3) is 0.290. The molecular weight excluding hydrogens is 624 g/mol. The number of phenols is 1. The molecule has 15 heteroatoms. The Morgan fingerprint density at radius 1 is 0.978 bits per heavy atom. The molecule has 0 saturated carbocycles. The summed E-state index contributed by atoms with van der Waals surface area (Å²) in [6, 6.07) is 8.67. The van der Waals surface area contributed by atoms with Gasteiger partial charge in [-0.1, -0.05) is 18.2 Å². The number of Topliss-reactive ketones (excluding diaryl/α,β-unsaturated/α-hetero) is 1. The summed E-state index contributed by atoms with van der Waals surface area (Å²) in [5.41, 5.74) is 1.86. The van der Waals surface area contributed by atoms with Crippen molar-refractivity contribution in [1.29, 1.82) is 0 Å². The summed E-state index contributed by atoms with van der Waals surface area (Å²) >= 11 is 0. The van der Waals surface area contributed by atoms with Gasteiger partial charge in [-0.25, -0.2) is 9.78 Å². The molecular formula is C31H34N2O12S. The number of phenolic OH excluding ortho intramolecular Hbond substituents is 1. The predicted molar refractivity (Wildman–Crippen MR) is 163 cm³/mol. The second kappa shape index (κ2) is 15.7. The van der Waals surface area contributed by atoms with Crippen molar-refractivity contribution in [2.75, 3.05) is 40.0 Å². The largest absolute Gasteiger partial charge is 0.507 e. The van der Waals surface area contributed by atoms with Crippen LogP contribution < -0.4 is 0 Å². The first kappa shape index (κ1) is 36.0. The number of benzene rings is 2. The van der Waals surface area contributed by atoms with E-state index in [1.54, 1.807) is 19.1 Å². The molecule has 4 N–H and O–H groups in total. The van der Waals surface area contributed by atoms with E-state index in [0.29, 0.717) is 23.0 Å². The van der Waals surface area contributed by atoms with Crippen LogP contribution in [0.5, 0.6) is 5.75 Å². The Bertz CT molecular complexity index is 1730. The van der Waals surface area contributed by atoms with Crippen LogP contribution in [0.1, 0.15) is 29.2 Å². The molecule has 0 radical (unpaired) electrons. The average Bonchev–Trinajstić information content (AvgIpc) is 2.96. The molecule has 0 amide bonds. The van der Waals surface area contributed by atoms with E-state index in [0.717, 1.165) is 0 Å². The third-order valence-electron chi connectivity index (χ3n) is 6.93. The van der Waals surface area contributed by atoms with Gasteiger partial charge in [0.15, 0.2) is 5.78 Å². The van der Waals surface area contributed by atoms with Crippen molar-refractivity contribution in [3.05, 3.63) is 87.5 Å². The molecule has 0 bridgehead atoms. The molecule has 2 aromatic rings. The number of hydrogen-bond donors (Lipinski definition) is 4. The molecule has 0 aromatic heterocycles. The number of nitrogens with zero attached hydrogens (tertiary/aromatic N) is 2. The minimum Gasteiger partial charge on any atom is -0.507 e. The average molecular weight is 659 g/mol. The van der Waals surface area contributed by atoms with Crippen molar-refractivity contribution in [2.45, 2.75) is 25.3 Å². The van der Waals surface area contributed by atoms with Crippen LogP contribution in [0.2, 0.25) is 0 Å². The molecule has 1 aliphatic carbocycles. The first-order chi connectivity index (χ1) is 21.7. The van der Waals surface area contributed by atoms with Crippen molar-refractivity contribution in [2.24, 2.45) is 0 Å². The number of aliphatic carboxylic acids is 2. The second-order valence-electron chi connectivity index (χ2n) is 10.5. The molecule has 0 unspecified atom stereocenters. The fourth-order valence-corrected chi connectivity index (χ4v) is 5.73. The molecule has 2 aromatic carbocycles. The molecule has 14 nitrogen and oxygen atoms in total. The minimum atomic E-state index is -4.78. The van der Waals surface area contributed by atoms with E-state index in [4.69, 9.17) is 4.89 Å². The number of hydrogen-bond acceptors (Lipinski definition) is 11. The number of aldehydes is 1. The number of carboxylic acids is 2. The molecule has 0 aliphatic heterocycles. The number of carboxylic acid groups (broad SMARTS) is 2. The first-order valence-electron chi connectivity index (χ1n) is 13.7. The van der Waals surface area contributed by atoms with Crippen LogP contribution in [0.15, 0.2) is 70.2 Å². The zero-order valence-corrected chi connectivity index (χ0v) is 26.1. The SMILES string of the molecule is COOCN(CC(=O)O)CC1=C/C(=C(\c2cc(C)c(O)c(CN(CC=O)CC(=O)O)c2)c2ccccc2S(=O)(=O)O)C=C(C)C1=O. The van der Waals surface area contributed by atoms with Gasteiger partial charge in [0, 0.05) is 29.8 Å². The lowest BCUT2D eigenvalue weighted by Gasteiger charge is -2.24. The van der Waals surface area contributed by atoms with Gasteiger partial charge in [-0.05, 0) is 72.0 Å². The maximum Gasteiger partial charge on any atom is 0.317 e. The van der Waals surface area contributed by atoms with Crippen molar-refractivity contribution in [3.8, 4) is 5.75 Å². The standard InChI is InChI=1S/C31H34N2O12S/c1-19-10-21(12-23(30(19)39)14-32(8-9-34)16-27(35)36)29(25-6-4-5-7-26(25)46(41,42)43)22-11-20(2)31(40)24(13-22)15-33(17-28(37)38)18-45-44-3/h4-7,9-13,39H,8,14-18H2,1-3H3,(H,35,36)(H,37,38)(H,41,42,43)/b29-22+. The molecule has 0 heterocycles. The number of carbonyl (C=O) groups is 4. The van der Waals surface area contributed by atoms with E-state index in [1.165, 1.54) is 60.3 Å². The van der Waals surface area contributed by atoms with E-state index < -0.39 is 45.8 Å². The Kier molecular flexibility index (Phi) is 12.2. The predicted octanol–water partition coefficient (Wildman–Crippen LogP) is 2.21. The van der Waals surface area contributed by atoms with Gasteiger partial charge in [-0.3, -0.25) is 28.7 Å². The van der Waals surface area contributed by atoms with E-state index in [2.05, 4.69) is 4.89 Å². The van der Waals surface area contributed by atoms with Gasteiger partial charge in [0.1, 0.15) is 23.7 Å². The van der Waals surface area contributed by atoms with Crippen LogP contribution >= 0.6 is 0 Å². The van der Waals surface area contributed by atoms with Crippen LogP contribution in [0.25, 0.3) is 5.57 Å². The van der Waals surface area contributed by atoms with Crippen LogP contribution in [-0.4, -0.2) is 102 Å². The second-order valence-corrected chi connectivity index (χ2v) is 11.8. The fourth-order valence-electron chi connectivity index (χ4n) is 5.03. The lowest BCUT2D eigenvalue weighted by molar-refractivity contribution is -0.294. The lowest BCUT2D eigenvalue weighted by Crippen LogP contribution is -2.35. The van der Waals surface area contributed by atoms with E-state index >= 15 is 0 Å². The van der Waals surface area contributed by atoms with Gasteiger partial charge in [0.25, 0.3) is 10.1 Å². The van der Waals surface area contributed by atoms with Crippen molar-refractivity contribution >= 4 is 39.7 Å². The third kappa shape index (κ3) is 9.26. The monoisotopic (exact) mass is 658 g/mol. The number of allylic oxidation sites excluding steroid dienone is 4. The Hall–Kier alpha value is -4.51. The van der Waals surface area contributed by atoms with Gasteiger partial charge in [-0.15, -0.1) is 0 Å². The van der Waals surface area contributed by atoms with Crippen molar-refractivity contribution < 1.29 is 57.2 Å². The highest BCUT2D eigenvalue weighted by Gasteiger charge is 2.27. The maximum absolute atomic E-state index is 13.3. The summed E-state index contributed by atoms with van der Waals surface area (Å²) in [4.78, 5) is 59.0. The van der Waals surface area contributed by atoms with Gasteiger partial charge in [0.05, 0.1) is 26.7 Å². The van der Waals surface area contributed by atoms with E-state index in [9.17, 15) is 47.5 Å². The Labute approximate surface area is 265 Å². The van der Waals surface area contributed by atoms with Gasteiger partial charge >= 0.3 is 11.9 Å². The molecule has 0 atom stereocenters. The molecule has 246 valence electrons. The number of rotatable bonds is 16. The van der Waals surface area contributed by atoms with Crippen LogP contribution in [0.4, 0.5) is 0 Å². The summed E-state index contributed by atoms with van der Waals surface area (Å²) in [7, 11) is -3.54. The molecule has 1 aliphatic rings. The summed E-state index contributed by atoms with van der Waals surface area (Å²) in [6.07, 6.45) is 3.51. The van der Waals surface area contributed by atoms with Crippen LogP contribution in [-0.2, 0) is 45.6 Å². The number of carbonyl (C=O) groups excluding carboxylic acids is 2. The normalized spacial score (nSPS) is 14.7. The molecule has 46 heavy (non-hydrogen) atoms.